The van der Waals surface area contributed by atoms with Gasteiger partial charge in [0.2, 0.25) is 0 Å². The molecule has 2 nitrogen and oxygen atoms in total. The molecule has 3 rings (SSSR count). The third-order valence-electron chi connectivity index (χ3n) is 4.60. The van der Waals surface area contributed by atoms with Crippen molar-refractivity contribution in [2.24, 2.45) is 5.92 Å². The van der Waals surface area contributed by atoms with Gasteiger partial charge in [0, 0.05) is 30.9 Å². The third kappa shape index (κ3) is 3.11. The highest BCUT2D eigenvalue weighted by atomic mass is 15.2. The minimum Gasteiger partial charge on any atom is -0.369 e. The summed E-state index contributed by atoms with van der Waals surface area (Å²) in [7, 11) is 0. The van der Waals surface area contributed by atoms with Gasteiger partial charge in [-0.3, -0.25) is 0 Å². The van der Waals surface area contributed by atoms with Crippen molar-refractivity contribution in [3.63, 3.8) is 0 Å². The first-order valence-electron chi connectivity index (χ1n) is 7.82. The van der Waals surface area contributed by atoms with Crippen LogP contribution in [0.25, 0.3) is 0 Å². The fourth-order valence-corrected chi connectivity index (χ4v) is 3.25. The molecule has 1 saturated heterocycles. The molecule has 0 bridgehead atoms. The van der Waals surface area contributed by atoms with Crippen molar-refractivity contribution in [3.8, 4) is 0 Å². The van der Waals surface area contributed by atoms with Crippen molar-refractivity contribution in [2.45, 2.75) is 58.2 Å². The van der Waals surface area contributed by atoms with Crippen LogP contribution in [0.3, 0.4) is 0 Å². The van der Waals surface area contributed by atoms with Gasteiger partial charge in [0.05, 0.1) is 0 Å². The molecule has 2 heteroatoms. The first kappa shape index (κ1) is 13.0. The second kappa shape index (κ2) is 5.54. The van der Waals surface area contributed by atoms with Crippen LogP contribution in [0.4, 0.5) is 5.69 Å². The van der Waals surface area contributed by atoms with Crippen LogP contribution in [0, 0.1) is 5.92 Å². The van der Waals surface area contributed by atoms with Gasteiger partial charge < -0.3 is 10.2 Å². The topological polar surface area (TPSA) is 15.3 Å². The molecule has 0 spiro atoms. The van der Waals surface area contributed by atoms with E-state index in [2.05, 4.69) is 48.3 Å². The summed E-state index contributed by atoms with van der Waals surface area (Å²) in [6.07, 6.45) is 5.37. The van der Waals surface area contributed by atoms with E-state index in [1.54, 1.807) is 0 Å². The lowest BCUT2D eigenvalue weighted by Gasteiger charge is -2.39. The lowest BCUT2D eigenvalue weighted by atomic mass is 9.92. The Labute approximate surface area is 117 Å². The summed E-state index contributed by atoms with van der Waals surface area (Å²) >= 11 is 0. The van der Waals surface area contributed by atoms with Gasteiger partial charge in [0.1, 0.15) is 0 Å². The van der Waals surface area contributed by atoms with E-state index in [0.717, 1.165) is 18.5 Å². The zero-order valence-corrected chi connectivity index (χ0v) is 12.2. The number of rotatable bonds is 4. The fraction of sp³-hybridized carbons (Fsp3) is 0.647. The molecule has 19 heavy (non-hydrogen) atoms. The van der Waals surface area contributed by atoms with E-state index in [4.69, 9.17) is 0 Å². The van der Waals surface area contributed by atoms with Crippen molar-refractivity contribution in [2.75, 3.05) is 11.4 Å². The molecule has 1 N–H and O–H groups in total. The Morgan fingerprint density at radius 2 is 1.95 bits per heavy atom. The van der Waals surface area contributed by atoms with Crippen LogP contribution in [0.15, 0.2) is 24.3 Å². The second-order valence-electron chi connectivity index (χ2n) is 6.46. The summed E-state index contributed by atoms with van der Waals surface area (Å²) in [6.45, 7) is 7.00. The van der Waals surface area contributed by atoms with Crippen molar-refractivity contribution in [1.82, 2.24) is 5.32 Å². The SMILES string of the molecule is CC1CCN(c2ccccc2CNC2CC2)C(C)C1. The fourth-order valence-electron chi connectivity index (χ4n) is 3.25. The lowest BCUT2D eigenvalue weighted by molar-refractivity contribution is 0.377. The molecule has 1 heterocycles. The summed E-state index contributed by atoms with van der Waals surface area (Å²) in [6, 6.07) is 10.4. The van der Waals surface area contributed by atoms with Crippen LogP contribution in [0.5, 0.6) is 0 Å². The van der Waals surface area contributed by atoms with E-state index in [9.17, 15) is 0 Å². The molecule has 0 radical (unpaired) electrons. The first-order chi connectivity index (χ1) is 9.24. The van der Waals surface area contributed by atoms with E-state index >= 15 is 0 Å². The van der Waals surface area contributed by atoms with E-state index in [1.807, 2.05) is 0 Å². The number of nitrogens with zero attached hydrogens (tertiary/aromatic N) is 1. The van der Waals surface area contributed by atoms with E-state index in [-0.39, 0.29) is 0 Å². The average molecular weight is 258 g/mol. The van der Waals surface area contributed by atoms with Crippen LogP contribution in [-0.2, 0) is 6.54 Å². The van der Waals surface area contributed by atoms with Crippen LogP contribution >= 0.6 is 0 Å². The van der Waals surface area contributed by atoms with Gasteiger partial charge >= 0.3 is 0 Å². The molecule has 2 unspecified atom stereocenters. The summed E-state index contributed by atoms with van der Waals surface area (Å²) in [5.74, 6) is 0.878. The second-order valence-corrected chi connectivity index (χ2v) is 6.46. The molecule has 2 aliphatic rings. The molecule has 104 valence electrons. The molecule has 1 aliphatic carbocycles. The van der Waals surface area contributed by atoms with Crippen LogP contribution in [0.2, 0.25) is 0 Å². The highest BCUT2D eigenvalue weighted by Crippen LogP contribution is 2.30. The highest BCUT2D eigenvalue weighted by Gasteiger charge is 2.25. The standard InChI is InChI=1S/C17H26N2/c1-13-9-10-19(14(2)11-13)17-6-4-3-5-15(17)12-18-16-7-8-16/h3-6,13-14,16,18H,7-12H2,1-2H3. The van der Waals surface area contributed by atoms with Crippen molar-refractivity contribution in [3.05, 3.63) is 29.8 Å². The van der Waals surface area contributed by atoms with E-state index in [1.165, 1.54) is 43.5 Å². The van der Waals surface area contributed by atoms with Crippen LogP contribution < -0.4 is 10.2 Å². The first-order valence-corrected chi connectivity index (χ1v) is 7.82. The van der Waals surface area contributed by atoms with Crippen LogP contribution in [-0.4, -0.2) is 18.6 Å². The maximum absolute atomic E-state index is 3.65. The number of hydrogen-bond acceptors (Lipinski definition) is 2. The van der Waals surface area contributed by atoms with Gasteiger partial charge in [-0.25, -0.2) is 0 Å². The number of benzene rings is 1. The van der Waals surface area contributed by atoms with E-state index < -0.39 is 0 Å². The molecule has 0 aromatic heterocycles. The normalized spacial score (nSPS) is 27.6. The molecular weight excluding hydrogens is 232 g/mol. The molecule has 1 aromatic carbocycles. The Morgan fingerprint density at radius 3 is 2.68 bits per heavy atom. The Kier molecular flexibility index (Phi) is 3.79. The molecule has 2 atom stereocenters. The summed E-state index contributed by atoms with van der Waals surface area (Å²) < 4.78 is 0. The summed E-state index contributed by atoms with van der Waals surface area (Å²) in [5.41, 5.74) is 2.92. The Hall–Kier alpha value is -1.02. The van der Waals surface area contributed by atoms with Crippen molar-refractivity contribution < 1.29 is 0 Å². The van der Waals surface area contributed by atoms with Gasteiger partial charge in [-0.1, -0.05) is 25.1 Å². The van der Waals surface area contributed by atoms with Gasteiger partial charge in [-0.15, -0.1) is 0 Å². The number of hydrogen-bond donors (Lipinski definition) is 1. The molecular formula is C17H26N2. The van der Waals surface area contributed by atoms with Gasteiger partial charge in [-0.2, -0.15) is 0 Å². The average Bonchev–Trinajstić information content (AvgIpc) is 3.21. The number of para-hydroxylation sites is 1. The maximum Gasteiger partial charge on any atom is 0.0414 e. The zero-order chi connectivity index (χ0) is 13.2. The number of nitrogens with one attached hydrogen (secondary N) is 1. The van der Waals surface area contributed by atoms with Gasteiger partial charge in [-0.05, 0) is 50.2 Å². The molecule has 2 fully saturated rings. The number of piperidine rings is 1. The molecule has 1 saturated carbocycles. The lowest BCUT2D eigenvalue weighted by Crippen LogP contribution is -2.41. The van der Waals surface area contributed by atoms with Crippen LogP contribution in [0.1, 0.15) is 45.1 Å². The number of anilines is 1. The quantitative estimate of drug-likeness (QED) is 0.888. The highest BCUT2D eigenvalue weighted by molar-refractivity contribution is 5.54. The Bertz CT molecular complexity index is 425. The third-order valence-corrected chi connectivity index (χ3v) is 4.60. The molecule has 1 aromatic rings. The predicted octanol–water partition coefficient (Wildman–Crippen LogP) is 3.56. The molecule has 0 amide bonds. The van der Waals surface area contributed by atoms with Crippen molar-refractivity contribution in [1.29, 1.82) is 0 Å². The Balaban J connectivity index is 1.74. The zero-order valence-electron chi connectivity index (χ0n) is 12.2. The largest absolute Gasteiger partial charge is 0.369 e. The van der Waals surface area contributed by atoms with Crippen molar-refractivity contribution >= 4 is 5.69 Å². The Morgan fingerprint density at radius 1 is 1.16 bits per heavy atom. The summed E-state index contributed by atoms with van der Waals surface area (Å²) in [5, 5.41) is 3.65. The van der Waals surface area contributed by atoms with Gasteiger partial charge in [0.25, 0.3) is 0 Å². The molecule has 1 aliphatic heterocycles. The van der Waals surface area contributed by atoms with Gasteiger partial charge in [0.15, 0.2) is 0 Å². The van der Waals surface area contributed by atoms with E-state index in [0.29, 0.717) is 6.04 Å². The maximum atomic E-state index is 3.65. The smallest absolute Gasteiger partial charge is 0.0414 e. The minimum atomic E-state index is 0.672. The summed E-state index contributed by atoms with van der Waals surface area (Å²) in [4.78, 5) is 2.61. The monoisotopic (exact) mass is 258 g/mol. The minimum absolute atomic E-state index is 0.672. The predicted molar refractivity (Wildman–Crippen MR) is 81.5 cm³/mol.